The first kappa shape index (κ1) is 23.8. The summed E-state index contributed by atoms with van der Waals surface area (Å²) < 4.78 is 26.0. The highest BCUT2D eigenvalue weighted by atomic mass is 16.8. The number of aromatic nitrogens is 1. The molecular weight excluding hydrogens is 490 g/mol. The minimum atomic E-state index is -0.874. The van der Waals surface area contributed by atoms with Gasteiger partial charge in [-0.3, -0.25) is 0 Å². The highest BCUT2D eigenvalue weighted by molar-refractivity contribution is 5.86. The lowest BCUT2D eigenvalue weighted by Gasteiger charge is -2.66. The zero-order valence-electron chi connectivity index (χ0n) is 24.0. The molecule has 39 heavy (non-hydrogen) atoms. The van der Waals surface area contributed by atoms with Gasteiger partial charge in [0.15, 0.2) is 12.4 Å². The molecule has 0 radical (unpaired) electrons. The van der Waals surface area contributed by atoms with Crippen molar-refractivity contribution >= 4 is 10.9 Å². The van der Waals surface area contributed by atoms with Crippen LogP contribution in [0.5, 0.6) is 0 Å². The summed E-state index contributed by atoms with van der Waals surface area (Å²) in [5.74, 6) is 1.72. The highest BCUT2D eigenvalue weighted by Crippen LogP contribution is 2.81. The van der Waals surface area contributed by atoms with E-state index < -0.39 is 22.9 Å². The van der Waals surface area contributed by atoms with Gasteiger partial charge in [-0.15, -0.1) is 0 Å². The number of epoxide rings is 1. The molecule has 2 saturated carbocycles. The van der Waals surface area contributed by atoms with E-state index in [0.29, 0.717) is 5.92 Å². The van der Waals surface area contributed by atoms with Crippen LogP contribution in [0.1, 0.15) is 78.5 Å². The molecular formula is C33H41NO5. The third kappa shape index (κ3) is 2.45. The molecule has 3 saturated heterocycles. The molecule has 4 heterocycles. The van der Waals surface area contributed by atoms with Crippen LogP contribution in [0.4, 0.5) is 0 Å². The van der Waals surface area contributed by atoms with Gasteiger partial charge < -0.3 is 29.0 Å². The predicted octanol–water partition coefficient (Wildman–Crippen LogP) is 5.52. The van der Waals surface area contributed by atoms with Crippen molar-refractivity contribution in [1.82, 2.24) is 4.98 Å². The van der Waals surface area contributed by atoms with Gasteiger partial charge in [0.05, 0.1) is 16.6 Å². The Morgan fingerprint density at radius 1 is 0.974 bits per heavy atom. The number of H-pyrrole nitrogens is 1. The van der Waals surface area contributed by atoms with Crippen LogP contribution in [-0.2, 0) is 30.8 Å². The molecule has 1 spiro atoms. The number of hydrogen-bond donors (Lipinski definition) is 2. The van der Waals surface area contributed by atoms with E-state index in [0.717, 1.165) is 37.9 Å². The summed E-state index contributed by atoms with van der Waals surface area (Å²) in [6.07, 6.45) is 6.17. The molecule has 2 aromatic rings. The average molecular weight is 532 g/mol. The van der Waals surface area contributed by atoms with Crippen LogP contribution in [0.2, 0.25) is 0 Å². The summed E-state index contributed by atoms with van der Waals surface area (Å²) in [4.78, 5) is 3.86. The lowest BCUT2D eigenvalue weighted by molar-refractivity contribution is -0.343. The molecule has 6 nitrogen and oxygen atoms in total. The number of rotatable bonds is 1. The average Bonchev–Trinajstić information content (AvgIpc) is 3.71. The maximum Gasteiger partial charge on any atom is 0.187 e. The first-order chi connectivity index (χ1) is 18.4. The maximum atomic E-state index is 13.2. The SMILES string of the molecule is CC1(C)OC1[C@H]1O[C@H]2[C@H]3C[C@@]34C(=CC[C@@]3(C)[C@@]4(O)CC[C@H]4Cc5c([nH]c6ccccc56)[C@@]43C)O[C@@H]2C(C)(C)O1. The number of allylic oxidation sites excluding steroid dienone is 1. The van der Waals surface area contributed by atoms with Crippen LogP contribution >= 0.6 is 0 Å². The maximum absolute atomic E-state index is 13.2. The third-order valence-electron chi connectivity index (χ3n) is 13.1. The van der Waals surface area contributed by atoms with E-state index in [9.17, 15) is 5.11 Å². The van der Waals surface area contributed by atoms with Crippen molar-refractivity contribution in [3.05, 3.63) is 47.4 Å². The Kier molecular flexibility index (Phi) is 4.04. The van der Waals surface area contributed by atoms with Gasteiger partial charge in [-0.1, -0.05) is 32.0 Å². The van der Waals surface area contributed by atoms with Crippen molar-refractivity contribution in [2.45, 2.75) is 120 Å². The first-order valence-corrected chi connectivity index (χ1v) is 15.1. The molecule has 0 amide bonds. The Bertz CT molecular complexity index is 1470. The van der Waals surface area contributed by atoms with E-state index in [4.69, 9.17) is 18.9 Å². The summed E-state index contributed by atoms with van der Waals surface area (Å²) in [6, 6.07) is 8.71. The Morgan fingerprint density at radius 2 is 1.72 bits per heavy atom. The van der Waals surface area contributed by atoms with E-state index >= 15 is 0 Å². The summed E-state index contributed by atoms with van der Waals surface area (Å²) in [5, 5.41) is 14.6. The number of aromatic amines is 1. The molecule has 4 aliphatic carbocycles. The lowest BCUT2D eigenvalue weighted by Crippen LogP contribution is -2.71. The van der Waals surface area contributed by atoms with Gasteiger partial charge in [0.25, 0.3) is 0 Å². The van der Waals surface area contributed by atoms with Crippen molar-refractivity contribution in [3.63, 3.8) is 0 Å². The fraction of sp³-hybridized carbons (Fsp3) is 0.697. The molecule has 2 N–H and O–H groups in total. The zero-order chi connectivity index (χ0) is 27.0. The molecule has 9 rings (SSSR count). The summed E-state index contributed by atoms with van der Waals surface area (Å²) in [6.45, 7) is 13.2. The first-order valence-electron chi connectivity index (χ1n) is 15.1. The quantitative estimate of drug-likeness (QED) is 0.474. The van der Waals surface area contributed by atoms with E-state index in [-0.39, 0.29) is 40.7 Å². The Hall–Kier alpha value is -1.86. The fourth-order valence-electron chi connectivity index (χ4n) is 10.6. The zero-order valence-corrected chi connectivity index (χ0v) is 24.0. The van der Waals surface area contributed by atoms with E-state index in [2.05, 4.69) is 76.9 Å². The number of benzene rings is 1. The van der Waals surface area contributed by atoms with Crippen LogP contribution < -0.4 is 0 Å². The topological polar surface area (TPSA) is 76.2 Å². The second-order valence-electron chi connectivity index (χ2n) is 15.3. The third-order valence-corrected chi connectivity index (χ3v) is 13.1. The largest absolute Gasteiger partial charge is 0.489 e. The molecule has 7 aliphatic rings. The van der Waals surface area contributed by atoms with Crippen molar-refractivity contribution in [1.29, 1.82) is 0 Å². The van der Waals surface area contributed by atoms with Crippen molar-refractivity contribution in [3.8, 4) is 0 Å². The second kappa shape index (κ2) is 6.61. The summed E-state index contributed by atoms with van der Waals surface area (Å²) in [7, 11) is 0. The molecule has 5 fully saturated rings. The highest BCUT2D eigenvalue weighted by Gasteiger charge is 2.84. The van der Waals surface area contributed by atoms with E-state index in [1.807, 2.05) is 0 Å². The number of fused-ring (bicyclic) bond motifs is 9. The Labute approximate surface area is 230 Å². The van der Waals surface area contributed by atoms with Gasteiger partial charge in [0, 0.05) is 33.3 Å². The predicted molar refractivity (Wildman–Crippen MR) is 146 cm³/mol. The smallest absolute Gasteiger partial charge is 0.187 e. The number of aliphatic hydroxyl groups is 1. The number of para-hydroxylation sites is 1. The minimum absolute atomic E-state index is 0.0719. The fourth-order valence-corrected chi connectivity index (χ4v) is 10.6. The monoisotopic (exact) mass is 531 g/mol. The molecule has 1 aromatic carbocycles. The number of hydrogen-bond acceptors (Lipinski definition) is 5. The molecule has 1 aromatic heterocycles. The van der Waals surface area contributed by atoms with Gasteiger partial charge in [0.1, 0.15) is 23.6 Å². The molecule has 0 bridgehead atoms. The van der Waals surface area contributed by atoms with Gasteiger partial charge in [-0.25, -0.2) is 0 Å². The molecule has 1 unspecified atom stereocenters. The van der Waals surface area contributed by atoms with Crippen LogP contribution in [0, 0.1) is 22.7 Å². The number of ether oxygens (including phenoxy) is 4. The van der Waals surface area contributed by atoms with Crippen molar-refractivity contribution in [2.75, 3.05) is 0 Å². The minimum Gasteiger partial charge on any atom is -0.489 e. The van der Waals surface area contributed by atoms with Crippen molar-refractivity contribution in [2.24, 2.45) is 22.7 Å². The van der Waals surface area contributed by atoms with Crippen LogP contribution in [0.25, 0.3) is 10.9 Å². The van der Waals surface area contributed by atoms with Gasteiger partial charge in [-0.05, 0) is 83.4 Å². The van der Waals surface area contributed by atoms with E-state index in [1.165, 1.54) is 22.2 Å². The standard InChI is InChI=1S/C33H41NO5/c1-28(2)25-23(37-27(39-28)26-29(3,4)38-26)20-16-32(20)22(36-25)12-13-30(5)31(6)17(11-14-33(30,32)35)15-19-18-9-7-8-10-21(18)34-24(19)31/h7-10,12,17,20,23,25-27,34-35H,11,13-16H2,1-6H3/t17-,20+,23-,25-,26?,27-,30+,31+,32-,33-/m0/s1. The van der Waals surface area contributed by atoms with Gasteiger partial charge in [0.2, 0.25) is 0 Å². The van der Waals surface area contributed by atoms with E-state index in [1.54, 1.807) is 0 Å². The molecule has 3 aliphatic heterocycles. The Balaban J connectivity index is 1.15. The second-order valence-corrected chi connectivity index (χ2v) is 15.3. The summed E-state index contributed by atoms with van der Waals surface area (Å²) in [5.41, 5.74) is 1.53. The van der Waals surface area contributed by atoms with Crippen LogP contribution in [0.15, 0.2) is 36.1 Å². The normalized spacial score (nSPS) is 51.3. The lowest BCUT2D eigenvalue weighted by atomic mass is 9.41. The van der Waals surface area contributed by atoms with Gasteiger partial charge >= 0.3 is 0 Å². The molecule has 208 valence electrons. The van der Waals surface area contributed by atoms with Gasteiger partial charge in [-0.2, -0.15) is 0 Å². The van der Waals surface area contributed by atoms with Crippen LogP contribution in [0.3, 0.4) is 0 Å². The number of nitrogens with one attached hydrogen (secondary N) is 1. The van der Waals surface area contributed by atoms with Crippen molar-refractivity contribution < 1.29 is 24.1 Å². The Morgan fingerprint density at radius 3 is 2.49 bits per heavy atom. The summed E-state index contributed by atoms with van der Waals surface area (Å²) >= 11 is 0. The molecule has 6 heteroatoms. The molecule has 10 atom stereocenters. The van der Waals surface area contributed by atoms with Crippen LogP contribution in [-0.4, -0.2) is 51.5 Å².